The van der Waals surface area contributed by atoms with Crippen molar-refractivity contribution in [3.63, 3.8) is 0 Å². The summed E-state index contributed by atoms with van der Waals surface area (Å²) in [6, 6.07) is 2.90. The molecule has 3 aromatic rings. The fraction of sp³-hybridized carbons (Fsp3) is 0.526. The first-order valence-electron chi connectivity index (χ1n) is 9.96. The van der Waals surface area contributed by atoms with Gasteiger partial charge in [-0.25, -0.2) is 23.2 Å². The second-order valence-electron chi connectivity index (χ2n) is 7.85. The summed E-state index contributed by atoms with van der Waals surface area (Å²) in [4.78, 5) is 31.5. The van der Waals surface area contributed by atoms with Gasteiger partial charge in [0, 0.05) is 25.1 Å². The Morgan fingerprint density at radius 2 is 2.00 bits per heavy atom. The maximum absolute atomic E-state index is 13.6. The van der Waals surface area contributed by atoms with Gasteiger partial charge in [0.25, 0.3) is 0 Å². The van der Waals surface area contributed by atoms with E-state index in [4.69, 9.17) is 0 Å². The van der Waals surface area contributed by atoms with Gasteiger partial charge in [0.05, 0.1) is 25.3 Å². The molecule has 9 nitrogen and oxygen atoms in total. The van der Waals surface area contributed by atoms with Crippen LogP contribution in [0.2, 0.25) is 0 Å². The molecule has 5 heterocycles. The van der Waals surface area contributed by atoms with Crippen LogP contribution in [0.25, 0.3) is 11.0 Å². The van der Waals surface area contributed by atoms with Gasteiger partial charge in [-0.1, -0.05) is 0 Å². The number of aryl methyl sites for hydroxylation is 2. The molecule has 158 valence electrons. The lowest BCUT2D eigenvalue weighted by Gasteiger charge is -2.26. The van der Waals surface area contributed by atoms with Crippen molar-refractivity contribution in [3.8, 4) is 0 Å². The molecule has 1 fully saturated rings. The molecule has 0 aliphatic carbocycles. The lowest BCUT2D eigenvalue weighted by atomic mass is 10.0. The lowest BCUT2D eigenvalue weighted by molar-refractivity contribution is -0.134. The predicted molar refractivity (Wildman–Crippen MR) is 102 cm³/mol. The fourth-order valence-corrected chi connectivity index (χ4v) is 4.40. The SMILES string of the molecule is Cn1nc(Cn2nc3n(c2=O)C(C(=O)N2CC(F)C(F)C2)CCC3)c2cccnc21. The number of nitrogens with zero attached hydrogens (tertiary/aromatic N) is 7. The van der Waals surface area contributed by atoms with E-state index < -0.39 is 30.0 Å². The number of hydrogen-bond acceptors (Lipinski definition) is 5. The summed E-state index contributed by atoms with van der Waals surface area (Å²) in [5.41, 5.74) is 0.938. The highest BCUT2D eigenvalue weighted by atomic mass is 19.2. The van der Waals surface area contributed by atoms with Crippen molar-refractivity contribution in [1.29, 1.82) is 0 Å². The molecule has 2 aliphatic heterocycles. The molecule has 0 spiro atoms. The summed E-state index contributed by atoms with van der Waals surface area (Å²) in [5.74, 6) is 0.0867. The number of fused-ring (bicyclic) bond motifs is 2. The van der Waals surface area contributed by atoms with E-state index in [-0.39, 0.29) is 19.6 Å². The van der Waals surface area contributed by atoms with Crippen molar-refractivity contribution < 1.29 is 13.6 Å². The van der Waals surface area contributed by atoms with E-state index in [0.717, 1.165) is 5.39 Å². The second-order valence-corrected chi connectivity index (χ2v) is 7.85. The zero-order chi connectivity index (χ0) is 21.0. The van der Waals surface area contributed by atoms with E-state index in [2.05, 4.69) is 15.2 Å². The number of likely N-dealkylation sites (tertiary alicyclic amines) is 1. The van der Waals surface area contributed by atoms with Gasteiger partial charge in [0.2, 0.25) is 5.91 Å². The zero-order valence-electron chi connectivity index (χ0n) is 16.4. The maximum atomic E-state index is 13.6. The van der Waals surface area contributed by atoms with E-state index in [0.29, 0.717) is 36.4 Å². The minimum Gasteiger partial charge on any atom is -0.335 e. The number of carbonyl (C=O) groups is 1. The van der Waals surface area contributed by atoms with Gasteiger partial charge < -0.3 is 4.90 Å². The van der Waals surface area contributed by atoms with Crippen molar-refractivity contribution in [2.75, 3.05) is 13.1 Å². The van der Waals surface area contributed by atoms with Gasteiger partial charge in [-0.3, -0.25) is 14.0 Å². The van der Waals surface area contributed by atoms with Crippen LogP contribution in [0.15, 0.2) is 23.1 Å². The Hall–Kier alpha value is -3.11. The first-order valence-corrected chi connectivity index (χ1v) is 9.96. The third-order valence-corrected chi connectivity index (χ3v) is 5.88. The van der Waals surface area contributed by atoms with Gasteiger partial charge in [0.1, 0.15) is 11.9 Å². The first-order chi connectivity index (χ1) is 14.4. The average molecular weight is 417 g/mol. The third kappa shape index (κ3) is 2.91. The quantitative estimate of drug-likeness (QED) is 0.628. The molecule has 5 rings (SSSR count). The number of aromatic nitrogens is 6. The van der Waals surface area contributed by atoms with Crippen LogP contribution in [0.3, 0.4) is 0 Å². The molecule has 3 unspecified atom stereocenters. The molecule has 3 aromatic heterocycles. The smallest absolute Gasteiger partial charge is 0.335 e. The molecule has 0 N–H and O–H groups in total. The van der Waals surface area contributed by atoms with Gasteiger partial charge >= 0.3 is 5.69 Å². The van der Waals surface area contributed by atoms with Crippen molar-refractivity contribution >= 4 is 16.9 Å². The van der Waals surface area contributed by atoms with Crippen molar-refractivity contribution in [2.24, 2.45) is 7.05 Å². The largest absolute Gasteiger partial charge is 0.347 e. The Balaban J connectivity index is 1.48. The Kier molecular flexibility index (Phi) is 4.40. The molecule has 1 amide bonds. The van der Waals surface area contributed by atoms with E-state index >= 15 is 0 Å². The van der Waals surface area contributed by atoms with Crippen LogP contribution in [-0.2, 0) is 24.8 Å². The van der Waals surface area contributed by atoms with Gasteiger partial charge in [-0.2, -0.15) is 10.2 Å². The summed E-state index contributed by atoms with van der Waals surface area (Å²) < 4.78 is 31.5. The highest BCUT2D eigenvalue weighted by Gasteiger charge is 2.40. The van der Waals surface area contributed by atoms with Crippen LogP contribution in [-0.4, -0.2) is 65.4 Å². The molecule has 11 heteroatoms. The second kappa shape index (κ2) is 6.99. The third-order valence-electron chi connectivity index (χ3n) is 5.88. The fourth-order valence-electron chi connectivity index (χ4n) is 4.40. The summed E-state index contributed by atoms with van der Waals surface area (Å²) in [7, 11) is 1.78. The lowest BCUT2D eigenvalue weighted by Crippen LogP contribution is -2.42. The number of carbonyl (C=O) groups excluding carboxylic acids is 1. The monoisotopic (exact) mass is 417 g/mol. The summed E-state index contributed by atoms with van der Waals surface area (Å²) in [6.07, 6.45) is 0.0000121. The molecule has 0 aromatic carbocycles. The Bertz CT molecular complexity index is 1170. The van der Waals surface area contributed by atoms with Crippen LogP contribution >= 0.6 is 0 Å². The number of hydrogen-bond donors (Lipinski definition) is 0. The first kappa shape index (κ1) is 18.9. The van der Waals surface area contributed by atoms with Crippen LogP contribution in [0.1, 0.15) is 30.4 Å². The summed E-state index contributed by atoms with van der Waals surface area (Å²) in [6.45, 7) is -0.408. The molecule has 0 saturated carbocycles. The Morgan fingerprint density at radius 3 is 2.77 bits per heavy atom. The van der Waals surface area contributed by atoms with Crippen LogP contribution in [0.5, 0.6) is 0 Å². The highest BCUT2D eigenvalue weighted by Crippen LogP contribution is 2.27. The van der Waals surface area contributed by atoms with E-state index in [1.54, 1.807) is 24.0 Å². The Morgan fingerprint density at radius 1 is 1.23 bits per heavy atom. The van der Waals surface area contributed by atoms with Gasteiger partial charge in [-0.15, -0.1) is 0 Å². The number of alkyl halides is 2. The standard InChI is InChI=1S/C19H21F2N7O2/c1-25-17-11(4-3-7-22-17)14(23-25)10-27-19(30)28-15(5-2-6-16(28)24-27)18(29)26-8-12(20)13(21)9-26/h3-4,7,12-13,15H,2,5-6,8-10H2,1H3. The van der Waals surface area contributed by atoms with Gasteiger partial charge in [-0.05, 0) is 25.0 Å². The van der Waals surface area contributed by atoms with E-state index in [1.807, 2.05) is 6.07 Å². The van der Waals surface area contributed by atoms with Gasteiger partial charge in [0.15, 0.2) is 18.0 Å². The van der Waals surface area contributed by atoms with Crippen LogP contribution in [0.4, 0.5) is 8.78 Å². The summed E-state index contributed by atoms with van der Waals surface area (Å²) in [5, 5.41) is 9.71. The summed E-state index contributed by atoms with van der Waals surface area (Å²) >= 11 is 0. The molecule has 0 radical (unpaired) electrons. The molecule has 2 aliphatic rings. The minimum absolute atomic E-state index is 0.144. The van der Waals surface area contributed by atoms with E-state index in [9.17, 15) is 18.4 Å². The molecular weight excluding hydrogens is 396 g/mol. The zero-order valence-corrected chi connectivity index (χ0v) is 16.4. The minimum atomic E-state index is -1.68. The number of amides is 1. The highest BCUT2D eigenvalue weighted by molar-refractivity contribution is 5.81. The molecule has 30 heavy (non-hydrogen) atoms. The normalized spacial score (nSPS) is 23.8. The predicted octanol–water partition coefficient (Wildman–Crippen LogP) is 0.771. The number of pyridine rings is 1. The maximum Gasteiger partial charge on any atom is 0.347 e. The number of rotatable bonds is 3. The molecular formula is C19H21F2N7O2. The molecule has 0 bridgehead atoms. The molecule has 1 saturated heterocycles. The van der Waals surface area contributed by atoms with Crippen molar-refractivity contribution in [1.82, 2.24) is 34.0 Å². The Labute approximate surface area is 169 Å². The van der Waals surface area contributed by atoms with Crippen molar-refractivity contribution in [2.45, 2.75) is 44.2 Å². The van der Waals surface area contributed by atoms with Crippen LogP contribution in [0, 0.1) is 0 Å². The van der Waals surface area contributed by atoms with E-state index in [1.165, 1.54) is 14.1 Å². The van der Waals surface area contributed by atoms with Crippen LogP contribution < -0.4 is 5.69 Å². The van der Waals surface area contributed by atoms with Crippen molar-refractivity contribution in [3.05, 3.63) is 40.3 Å². The number of halogens is 2. The molecule has 3 atom stereocenters. The topological polar surface area (TPSA) is 90.8 Å². The average Bonchev–Trinajstić information content (AvgIpc) is 3.36.